The summed E-state index contributed by atoms with van der Waals surface area (Å²) in [6, 6.07) is 0. The fraction of sp³-hybridized carbons (Fsp3) is 0.714. The molecule has 0 aliphatic rings. The number of sulfonamides is 1. The fourth-order valence-electron chi connectivity index (χ4n) is 0.769. The van der Waals surface area contributed by atoms with Gasteiger partial charge in [-0.1, -0.05) is 5.16 Å². The van der Waals surface area contributed by atoms with Crippen molar-refractivity contribution in [2.75, 3.05) is 12.3 Å². The summed E-state index contributed by atoms with van der Waals surface area (Å²) in [6.45, 7) is 2.75. The summed E-state index contributed by atoms with van der Waals surface area (Å²) in [5.41, 5.74) is 4.09. The van der Waals surface area contributed by atoms with Gasteiger partial charge in [0.05, 0.1) is 5.75 Å². The van der Waals surface area contributed by atoms with Gasteiger partial charge in [0.2, 0.25) is 15.9 Å². The average molecular weight is 252 g/mol. The van der Waals surface area contributed by atoms with Crippen molar-refractivity contribution in [1.82, 2.24) is 5.32 Å². The number of rotatable bonds is 5. The van der Waals surface area contributed by atoms with Crippen molar-refractivity contribution in [3.63, 3.8) is 0 Å². The Kier molecular flexibility index (Phi) is 4.69. The topological polar surface area (TPSA) is 148 Å². The molecule has 0 rings (SSSR count). The lowest BCUT2D eigenvalue weighted by Crippen LogP contribution is -2.47. The molecule has 0 fully saturated rings. The number of carbonyl (C=O) groups excluding carboxylic acids is 1. The summed E-state index contributed by atoms with van der Waals surface area (Å²) in [5, 5.41) is 18.2. The van der Waals surface area contributed by atoms with Crippen molar-refractivity contribution in [2.45, 2.75) is 13.8 Å². The first-order valence-electron chi connectivity index (χ1n) is 4.38. The van der Waals surface area contributed by atoms with Crippen molar-refractivity contribution in [3.05, 3.63) is 0 Å². The molecule has 0 saturated carbocycles. The number of hydrogen-bond donors (Lipinski definition) is 4. The standard InChI is InChI=1S/C7H16N4O4S/c1-7(2,5(8)11-13)6(12)10-3-4-16(9,14)15/h13H,3-4H2,1-2H3,(H2,8,11)(H,10,12)(H2,9,14,15). The van der Waals surface area contributed by atoms with Crippen LogP contribution in [0.3, 0.4) is 0 Å². The number of primary sulfonamides is 1. The molecule has 6 N–H and O–H groups in total. The quantitative estimate of drug-likeness (QED) is 0.196. The number of amides is 1. The molecule has 9 heteroatoms. The van der Waals surface area contributed by atoms with E-state index in [1.807, 2.05) is 0 Å². The minimum atomic E-state index is -3.62. The monoisotopic (exact) mass is 252 g/mol. The lowest BCUT2D eigenvalue weighted by Gasteiger charge is -2.21. The Bertz CT molecular complexity index is 387. The van der Waals surface area contributed by atoms with Gasteiger partial charge in [-0.3, -0.25) is 4.79 Å². The maximum atomic E-state index is 11.5. The number of oxime groups is 1. The van der Waals surface area contributed by atoms with Gasteiger partial charge in [-0.25, -0.2) is 13.6 Å². The van der Waals surface area contributed by atoms with Crippen LogP contribution in [0.15, 0.2) is 5.16 Å². The molecule has 0 heterocycles. The predicted octanol–water partition coefficient (Wildman–Crippen LogP) is -1.84. The zero-order valence-corrected chi connectivity index (χ0v) is 9.91. The summed E-state index contributed by atoms with van der Waals surface area (Å²) in [5.74, 6) is -1.18. The molecule has 16 heavy (non-hydrogen) atoms. The number of hydrogen-bond acceptors (Lipinski definition) is 5. The Labute approximate surface area is 93.7 Å². The molecule has 0 aliphatic heterocycles. The number of nitrogens with two attached hydrogens (primary N) is 2. The maximum Gasteiger partial charge on any atom is 0.233 e. The highest BCUT2D eigenvalue weighted by atomic mass is 32.2. The van der Waals surface area contributed by atoms with Crippen LogP contribution in [-0.4, -0.2) is 37.7 Å². The van der Waals surface area contributed by atoms with Crippen molar-refractivity contribution >= 4 is 21.8 Å². The third-order valence-electron chi connectivity index (χ3n) is 1.99. The lowest BCUT2D eigenvalue weighted by molar-refractivity contribution is -0.126. The highest BCUT2D eigenvalue weighted by Gasteiger charge is 2.32. The van der Waals surface area contributed by atoms with E-state index < -0.39 is 21.3 Å². The Hall–Kier alpha value is -1.35. The minimum Gasteiger partial charge on any atom is -0.409 e. The van der Waals surface area contributed by atoms with Crippen LogP contribution >= 0.6 is 0 Å². The summed E-state index contributed by atoms with van der Waals surface area (Å²) in [7, 11) is -3.62. The molecule has 94 valence electrons. The maximum absolute atomic E-state index is 11.5. The molecule has 1 amide bonds. The summed E-state index contributed by atoms with van der Waals surface area (Å²) >= 11 is 0. The molecule has 0 aromatic carbocycles. The SMILES string of the molecule is CC(C)(C(=O)NCCS(N)(=O)=O)C(N)=NO. The third kappa shape index (κ3) is 4.45. The van der Waals surface area contributed by atoms with Crippen LogP contribution in [0.4, 0.5) is 0 Å². The van der Waals surface area contributed by atoms with Crippen molar-refractivity contribution < 1.29 is 18.4 Å². The zero-order chi connectivity index (χ0) is 13.0. The number of amidine groups is 1. The van der Waals surface area contributed by atoms with E-state index >= 15 is 0 Å². The van der Waals surface area contributed by atoms with Gasteiger partial charge in [0.25, 0.3) is 0 Å². The van der Waals surface area contributed by atoms with E-state index in [0.29, 0.717) is 0 Å². The molecular formula is C7H16N4O4S. The molecule has 0 unspecified atom stereocenters. The van der Waals surface area contributed by atoms with Crippen LogP contribution in [-0.2, 0) is 14.8 Å². The highest BCUT2D eigenvalue weighted by Crippen LogP contribution is 2.14. The second-order valence-corrected chi connectivity index (χ2v) is 5.47. The van der Waals surface area contributed by atoms with E-state index in [1.54, 1.807) is 0 Å². The first kappa shape index (κ1) is 14.6. The zero-order valence-electron chi connectivity index (χ0n) is 9.10. The number of carbonyl (C=O) groups is 1. The van der Waals surface area contributed by atoms with E-state index in [-0.39, 0.29) is 18.1 Å². The van der Waals surface area contributed by atoms with Gasteiger partial charge < -0.3 is 16.3 Å². The second kappa shape index (κ2) is 5.12. The number of nitrogens with one attached hydrogen (secondary N) is 1. The Morgan fingerprint density at radius 1 is 1.50 bits per heavy atom. The van der Waals surface area contributed by atoms with Crippen LogP contribution in [0.25, 0.3) is 0 Å². The van der Waals surface area contributed by atoms with Crippen LogP contribution in [0.5, 0.6) is 0 Å². The molecule has 8 nitrogen and oxygen atoms in total. The third-order valence-corrected chi connectivity index (χ3v) is 2.76. The molecule has 0 spiro atoms. The molecule has 0 aliphatic carbocycles. The van der Waals surface area contributed by atoms with Crippen molar-refractivity contribution in [1.29, 1.82) is 0 Å². The molecule has 0 aromatic rings. The first-order valence-corrected chi connectivity index (χ1v) is 6.09. The van der Waals surface area contributed by atoms with Crippen molar-refractivity contribution in [2.24, 2.45) is 21.4 Å². The Morgan fingerprint density at radius 3 is 2.38 bits per heavy atom. The van der Waals surface area contributed by atoms with E-state index in [1.165, 1.54) is 13.8 Å². The smallest absolute Gasteiger partial charge is 0.233 e. The largest absolute Gasteiger partial charge is 0.409 e. The van der Waals surface area contributed by atoms with Gasteiger partial charge in [-0.05, 0) is 13.8 Å². The first-order chi connectivity index (χ1) is 7.11. The van der Waals surface area contributed by atoms with Gasteiger partial charge in [0, 0.05) is 6.54 Å². The normalized spacial score (nSPS) is 13.6. The fourth-order valence-corrected chi connectivity index (χ4v) is 1.16. The van der Waals surface area contributed by atoms with Crippen molar-refractivity contribution in [3.8, 4) is 0 Å². The van der Waals surface area contributed by atoms with Gasteiger partial charge in [0.15, 0.2) is 5.84 Å². The molecular weight excluding hydrogens is 236 g/mol. The van der Waals surface area contributed by atoms with Gasteiger partial charge >= 0.3 is 0 Å². The van der Waals surface area contributed by atoms with E-state index in [0.717, 1.165) is 0 Å². The van der Waals surface area contributed by atoms with E-state index in [2.05, 4.69) is 10.5 Å². The van der Waals surface area contributed by atoms with Crippen LogP contribution in [0.1, 0.15) is 13.8 Å². The molecule has 0 saturated heterocycles. The van der Waals surface area contributed by atoms with Gasteiger partial charge in [0.1, 0.15) is 5.41 Å². The van der Waals surface area contributed by atoms with Crippen LogP contribution in [0.2, 0.25) is 0 Å². The summed E-state index contributed by atoms with van der Waals surface area (Å²) in [4.78, 5) is 11.5. The summed E-state index contributed by atoms with van der Waals surface area (Å²) in [6.07, 6.45) is 0. The Morgan fingerprint density at radius 2 is 2.00 bits per heavy atom. The highest BCUT2D eigenvalue weighted by molar-refractivity contribution is 7.89. The summed E-state index contributed by atoms with van der Waals surface area (Å²) < 4.78 is 21.2. The Balaban J connectivity index is 4.38. The molecule has 0 aromatic heterocycles. The molecule has 0 radical (unpaired) electrons. The lowest BCUT2D eigenvalue weighted by atomic mass is 9.91. The molecule has 0 bridgehead atoms. The van der Waals surface area contributed by atoms with E-state index in [9.17, 15) is 13.2 Å². The van der Waals surface area contributed by atoms with E-state index in [4.69, 9.17) is 16.1 Å². The van der Waals surface area contributed by atoms with Crippen LogP contribution < -0.4 is 16.2 Å². The minimum absolute atomic E-state index is 0.125. The predicted molar refractivity (Wildman–Crippen MR) is 58.2 cm³/mol. The average Bonchev–Trinajstić information content (AvgIpc) is 2.14. The van der Waals surface area contributed by atoms with Crippen LogP contribution in [0, 0.1) is 5.41 Å². The van der Waals surface area contributed by atoms with Gasteiger partial charge in [-0.2, -0.15) is 0 Å². The molecule has 0 atom stereocenters. The van der Waals surface area contributed by atoms with Gasteiger partial charge in [-0.15, -0.1) is 0 Å². The number of nitrogens with zero attached hydrogens (tertiary/aromatic N) is 1. The second-order valence-electron chi connectivity index (χ2n) is 3.73.